The van der Waals surface area contributed by atoms with Crippen molar-refractivity contribution in [3.8, 4) is 17.2 Å². The van der Waals surface area contributed by atoms with Gasteiger partial charge in [-0.25, -0.2) is 14.6 Å². The van der Waals surface area contributed by atoms with Gasteiger partial charge >= 0.3 is 17.9 Å². The lowest BCUT2D eigenvalue weighted by atomic mass is 10.1. The Morgan fingerprint density at radius 1 is 1.00 bits per heavy atom. The summed E-state index contributed by atoms with van der Waals surface area (Å²) in [5.74, 6) is -3.54. The van der Waals surface area contributed by atoms with Gasteiger partial charge in [-0.15, -0.1) is 0 Å². The first-order valence-corrected chi connectivity index (χ1v) is 11.2. The van der Waals surface area contributed by atoms with Crippen LogP contribution < -0.4 is 31.0 Å². The van der Waals surface area contributed by atoms with Gasteiger partial charge in [-0.1, -0.05) is 6.07 Å². The number of esters is 1. The number of benzene rings is 2. The molecule has 0 aromatic heterocycles. The second kappa shape index (κ2) is 12.2. The van der Waals surface area contributed by atoms with Crippen LogP contribution in [0.3, 0.4) is 0 Å². The van der Waals surface area contributed by atoms with Crippen LogP contribution in [0, 0.1) is 0 Å². The highest BCUT2D eigenvalue weighted by Crippen LogP contribution is 2.33. The topological polar surface area (TPSA) is 213 Å². The summed E-state index contributed by atoms with van der Waals surface area (Å²) in [5.41, 5.74) is 12.1. The highest BCUT2D eigenvalue weighted by atomic mass is 16.6. The molecule has 0 aliphatic carbocycles. The number of ether oxygens (including phenoxy) is 3. The fourth-order valence-corrected chi connectivity index (χ4v) is 3.40. The van der Waals surface area contributed by atoms with Crippen molar-refractivity contribution < 1.29 is 43.6 Å². The van der Waals surface area contributed by atoms with Gasteiger partial charge in [0, 0.05) is 18.9 Å². The van der Waals surface area contributed by atoms with Crippen molar-refractivity contribution in [2.45, 2.75) is 31.7 Å². The number of carbonyl (C=O) groups excluding carboxylic acids is 2. The van der Waals surface area contributed by atoms with Crippen LogP contribution in [0.2, 0.25) is 0 Å². The lowest BCUT2D eigenvalue weighted by molar-refractivity contribution is -0.147. The van der Waals surface area contributed by atoms with Crippen molar-refractivity contribution >= 4 is 35.5 Å². The quantitative estimate of drug-likeness (QED) is 0.145. The summed E-state index contributed by atoms with van der Waals surface area (Å²) in [6, 6.07) is 7.80. The molecular formula is C24H26N4O9. The van der Waals surface area contributed by atoms with Crippen LogP contribution in [0.4, 0.5) is 5.69 Å². The number of carbonyl (C=O) groups is 4. The van der Waals surface area contributed by atoms with Crippen molar-refractivity contribution in [3.05, 3.63) is 47.5 Å². The summed E-state index contributed by atoms with van der Waals surface area (Å²) >= 11 is 0. The van der Waals surface area contributed by atoms with Crippen LogP contribution in [-0.2, 0) is 20.8 Å². The normalized spacial score (nSPS) is 13.7. The average molecular weight is 514 g/mol. The molecule has 2 aromatic rings. The number of carboxylic acids is 2. The van der Waals surface area contributed by atoms with Gasteiger partial charge in [-0.2, -0.15) is 0 Å². The van der Waals surface area contributed by atoms with Crippen LogP contribution in [0.15, 0.2) is 41.4 Å². The highest BCUT2D eigenvalue weighted by molar-refractivity contribution is 5.95. The number of carboxylic acid groups (broad SMARTS) is 2. The molecule has 0 bridgehead atoms. The minimum atomic E-state index is -1.53. The number of aliphatic imine (C=N–C) groups is 1. The second-order valence-corrected chi connectivity index (χ2v) is 7.99. The molecule has 0 saturated heterocycles. The van der Waals surface area contributed by atoms with E-state index in [1.165, 1.54) is 18.2 Å². The van der Waals surface area contributed by atoms with Crippen molar-refractivity contribution in [3.63, 3.8) is 0 Å². The molecule has 0 spiro atoms. The minimum absolute atomic E-state index is 0.0959. The molecule has 3 rings (SSSR count). The molecule has 1 aliphatic rings. The number of amides is 1. The molecule has 1 aliphatic heterocycles. The molecule has 2 aromatic carbocycles. The zero-order chi connectivity index (χ0) is 26.9. The molecule has 196 valence electrons. The molecule has 0 fully saturated rings. The van der Waals surface area contributed by atoms with E-state index in [0.717, 1.165) is 0 Å². The average Bonchev–Trinajstić information content (AvgIpc) is 2.85. The van der Waals surface area contributed by atoms with E-state index in [2.05, 4.69) is 10.3 Å². The van der Waals surface area contributed by atoms with Crippen LogP contribution >= 0.6 is 0 Å². The fraction of sp³-hybridized carbons (Fsp3) is 0.292. The second-order valence-electron chi connectivity index (χ2n) is 7.99. The van der Waals surface area contributed by atoms with Crippen molar-refractivity contribution in [2.75, 3.05) is 13.2 Å². The van der Waals surface area contributed by atoms with Crippen molar-refractivity contribution in [1.29, 1.82) is 0 Å². The van der Waals surface area contributed by atoms with Gasteiger partial charge < -0.3 is 41.2 Å². The first-order chi connectivity index (χ1) is 17.6. The van der Waals surface area contributed by atoms with Gasteiger partial charge in [0.15, 0.2) is 17.5 Å². The molecule has 37 heavy (non-hydrogen) atoms. The van der Waals surface area contributed by atoms with E-state index in [9.17, 15) is 19.2 Å². The van der Waals surface area contributed by atoms with Gasteiger partial charge in [0.25, 0.3) is 0 Å². The summed E-state index contributed by atoms with van der Waals surface area (Å²) in [4.78, 5) is 50.9. The third kappa shape index (κ3) is 7.85. The van der Waals surface area contributed by atoms with E-state index >= 15 is 0 Å². The number of hydrogen-bond donors (Lipinski definition) is 5. The van der Waals surface area contributed by atoms with Gasteiger partial charge in [0.2, 0.25) is 5.91 Å². The summed E-state index contributed by atoms with van der Waals surface area (Å²) in [5, 5.41) is 20.1. The number of hydrogen-bond acceptors (Lipinski definition) is 8. The van der Waals surface area contributed by atoms with Gasteiger partial charge in [0.05, 0.1) is 25.3 Å². The van der Waals surface area contributed by atoms with E-state index in [4.69, 9.17) is 35.9 Å². The number of rotatable bonds is 8. The lowest BCUT2D eigenvalue weighted by Gasteiger charge is -2.14. The number of aryl methyl sites for hydroxylation is 1. The van der Waals surface area contributed by atoms with Gasteiger partial charge in [-0.3, -0.25) is 9.59 Å². The predicted octanol–water partition coefficient (Wildman–Crippen LogP) is 0.949. The molecule has 7 N–H and O–H groups in total. The zero-order valence-electron chi connectivity index (χ0n) is 19.6. The lowest BCUT2D eigenvalue weighted by Crippen LogP contribution is -2.42. The van der Waals surface area contributed by atoms with E-state index in [1.54, 1.807) is 18.2 Å². The summed E-state index contributed by atoms with van der Waals surface area (Å²) < 4.78 is 17.0. The molecule has 1 atom stereocenters. The number of aliphatic carboxylic acids is 2. The third-order valence-electron chi connectivity index (χ3n) is 5.11. The minimum Gasteiger partial charge on any atom is -0.492 e. The molecule has 0 saturated carbocycles. The molecule has 13 nitrogen and oxygen atoms in total. The Morgan fingerprint density at radius 2 is 1.73 bits per heavy atom. The Hall–Kier alpha value is -4.81. The van der Waals surface area contributed by atoms with E-state index in [-0.39, 0.29) is 54.8 Å². The van der Waals surface area contributed by atoms with E-state index in [1.807, 2.05) is 0 Å². The van der Waals surface area contributed by atoms with E-state index in [0.29, 0.717) is 17.7 Å². The smallest absolute Gasteiger partial charge is 0.347 e. The molecule has 0 radical (unpaired) electrons. The van der Waals surface area contributed by atoms with Crippen molar-refractivity contribution in [2.24, 2.45) is 16.5 Å². The monoisotopic (exact) mass is 514 g/mol. The Bertz CT molecular complexity index is 1220. The number of nitrogens with one attached hydrogen (secondary N) is 1. The van der Waals surface area contributed by atoms with Crippen LogP contribution in [-0.4, -0.2) is 59.2 Å². The predicted molar refractivity (Wildman–Crippen MR) is 129 cm³/mol. The Kier molecular flexibility index (Phi) is 8.86. The number of guanidine groups is 1. The number of fused-ring (bicyclic) bond motifs is 2. The van der Waals surface area contributed by atoms with E-state index < -0.39 is 36.3 Å². The molecule has 0 unspecified atom stereocenters. The number of nitrogens with two attached hydrogens (primary N) is 2. The van der Waals surface area contributed by atoms with Gasteiger partial charge in [0.1, 0.15) is 17.4 Å². The Labute approximate surface area is 211 Å². The zero-order valence-corrected chi connectivity index (χ0v) is 19.6. The maximum absolute atomic E-state index is 12.9. The molecular weight excluding hydrogens is 488 g/mol. The Morgan fingerprint density at radius 3 is 2.41 bits per heavy atom. The Balaban J connectivity index is 1.73. The van der Waals surface area contributed by atoms with Crippen LogP contribution in [0.1, 0.15) is 35.2 Å². The van der Waals surface area contributed by atoms with Crippen LogP contribution in [0.5, 0.6) is 17.2 Å². The maximum atomic E-state index is 12.9. The summed E-state index contributed by atoms with van der Waals surface area (Å²) in [6.07, 6.45) is -0.148. The van der Waals surface area contributed by atoms with Crippen molar-refractivity contribution in [1.82, 2.24) is 5.32 Å². The largest absolute Gasteiger partial charge is 0.492 e. The molecule has 1 heterocycles. The van der Waals surface area contributed by atoms with Crippen LogP contribution in [0.25, 0.3) is 0 Å². The first-order valence-electron chi connectivity index (χ1n) is 11.2. The highest BCUT2D eigenvalue weighted by Gasteiger charge is 2.23. The molecule has 13 heteroatoms. The summed E-state index contributed by atoms with van der Waals surface area (Å²) in [6.45, 7) is 0.481. The maximum Gasteiger partial charge on any atom is 0.347 e. The number of nitrogens with zero attached hydrogens (tertiary/aromatic N) is 1. The van der Waals surface area contributed by atoms with Gasteiger partial charge in [-0.05, 0) is 36.2 Å². The SMILES string of the molecule is NC(N)=Nc1ccc2c(c1)OCCCOc1cc(CCC(=O)N[C@@H](CC(=O)O)C(=O)O)ccc1OC2=O. The summed E-state index contributed by atoms with van der Waals surface area (Å²) in [7, 11) is 0. The fourth-order valence-electron chi connectivity index (χ4n) is 3.40. The third-order valence-corrected chi connectivity index (χ3v) is 5.11. The molecule has 1 amide bonds. The first kappa shape index (κ1) is 26.8. The standard InChI is InChI=1S/C24H26N4O9/c25-24(26)27-14-4-5-15-18(11-14)35-8-1-9-36-19-10-13(2-6-17(19)37-23(15)34)3-7-20(29)28-16(22(32)33)12-21(30)31/h2,4-6,10-11,16H,1,3,7-9,12H2,(H,28,29)(H,30,31)(H,32,33)(H4,25,26,27)/t16-/m0/s1.